The standard InChI is InChI=1S/C18H30N2O3S/c1-5-23-18-7-6-17(12-15(18)4)24(21,22)19-13-16-8-10-20(11-9-16)14(2)3/h6-7,12,14,16,19H,5,8-11,13H2,1-4H3. The second-order valence-electron chi connectivity index (χ2n) is 6.79. The van der Waals surface area contributed by atoms with Crippen molar-refractivity contribution in [2.75, 3.05) is 26.2 Å². The van der Waals surface area contributed by atoms with Gasteiger partial charge in [-0.2, -0.15) is 0 Å². The molecule has 1 aromatic rings. The van der Waals surface area contributed by atoms with Gasteiger partial charge in [0.25, 0.3) is 0 Å². The normalized spacial score (nSPS) is 17.4. The highest BCUT2D eigenvalue weighted by Crippen LogP contribution is 2.23. The SMILES string of the molecule is CCOc1ccc(S(=O)(=O)NCC2CCN(C(C)C)CC2)cc1C. The first-order valence-electron chi connectivity index (χ1n) is 8.80. The van der Waals surface area contributed by atoms with E-state index in [4.69, 9.17) is 4.74 Å². The molecule has 0 aliphatic carbocycles. The lowest BCUT2D eigenvalue weighted by molar-refractivity contribution is 0.151. The number of hydrogen-bond donors (Lipinski definition) is 1. The van der Waals surface area contributed by atoms with E-state index in [1.807, 2.05) is 13.8 Å². The van der Waals surface area contributed by atoms with Gasteiger partial charge in [0.05, 0.1) is 11.5 Å². The van der Waals surface area contributed by atoms with Crippen LogP contribution in [0.4, 0.5) is 0 Å². The van der Waals surface area contributed by atoms with Crippen LogP contribution in [0.15, 0.2) is 23.1 Å². The van der Waals surface area contributed by atoms with Crippen LogP contribution >= 0.6 is 0 Å². The molecule has 1 aromatic carbocycles. The van der Waals surface area contributed by atoms with Crippen molar-refractivity contribution >= 4 is 10.0 Å². The Morgan fingerprint density at radius 1 is 1.29 bits per heavy atom. The molecular formula is C18H30N2O3S. The van der Waals surface area contributed by atoms with Gasteiger partial charge in [0.1, 0.15) is 5.75 Å². The van der Waals surface area contributed by atoms with Crippen molar-refractivity contribution in [3.63, 3.8) is 0 Å². The number of benzene rings is 1. The Hall–Kier alpha value is -1.11. The van der Waals surface area contributed by atoms with Crippen LogP contribution in [0.5, 0.6) is 5.75 Å². The lowest BCUT2D eigenvalue weighted by atomic mass is 9.96. The van der Waals surface area contributed by atoms with Gasteiger partial charge in [0, 0.05) is 12.6 Å². The topological polar surface area (TPSA) is 58.6 Å². The van der Waals surface area contributed by atoms with Crippen molar-refractivity contribution in [1.29, 1.82) is 0 Å². The number of ether oxygens (including phenoxy) is 1. The van der Waals surface area contributed by atoms with Crippen LogP contribution < -0.4 is 9.46 Å². The molecule has 1 saturated heterocycles. The van der Waals surface area contributed by atoms with Crippen molar-refractivity contribution < 1.29 is 13.2 Å². The lowest BCUT2D eigenvalue weighted by Gasteiger charge is -2.34. The van der Waals surface area contributed by atoms with E-state index in [9.17, 15) is 8.42 Å². The Bertz CT molecular complexity index is 636. The number of nitrogens with one attached hydrogen (secondary N) is 1. The molecule has 0 aromatic heterocycles. The Kier molecular flexibility index (Phi) is 6.66. The highest BCUT2D eigenvalue weighted by Gasteiger charge is 2.23. The third-order valence-electron chi connectivity index (χ3n) is 4.70. The fourth-order valence-electron chi connectivity index (χ4n) is 3.09. The molecule has 1 fully saturated rings. The molecular weight excluding hydrogens is 324 g/mol. The molecule has 0 unspecified atom stereocenters. The number of nitrogens with zero attached hydrogens (tertiary/aromatic N) is 1. The third-order valence-corrected chi connectivity index (χ3v) is 6.12. The number of piperidine rings is 1. The molecule has 0 atom stereocenters. The molecule has 6 heteroatoms. The summed E-state index contributed by atoms with van der Waals surface area (Å²) in [6.45, 7) is 11.4. The minimum atomic E-state index is -3.46. The van der Waals surface area contributed by atoms with Crippen LogP contribution in [0.2, 0.25) is 0 Å². The van der Waals surface area contributed by atoms with Gasteiger partial charge in [-0.25, -0.2) is 13.1 Å². The summed E-state index contributed by atoms with van der Waals surface area (Å²) in [5, 5.41) is 0. The zero-order valence-electron chi connectivity index (χ0n) is 15.2. The summed E-state index contributed by atoms with van der Waals surface area (Å²) in [5.41, 5.74) is 0.838. The zero-order chi connectivity index (χ0) is 17.7. The highest BCUT2D eigenvalue weighted by molar-refractivity contribution is 7.89. The molecule has 0 radical (unpaired) electrons. The van der Waals surface area contributed by atoms with Gasteiger partial charge in [0.2, 0.25) is 10.0 Å². The maximum Gasteiger partial charge on any atom is 0.240 e. The molecule has 5 nitrogen and oxygen atoms in total. The van der Waals surface area contributed by atoms with E-state index in [-0.39, 0.29) is 0 Å². The number of sulfonamides is 1. The van der Waals surface area contributed by atoms with Gasteiger partial charge in [-0.1, -0.05) is 0 Å². The molecule has 24 heavy (non-hydrogen) atoms. The molecule has 1 heterocycles. The van der Waals surface area contributed by atoms with Crippen molar-refractivity contribution in [1.82, 2.24) is 9.62 Å². The van der Waals surface area contributed by atoms with Crippen LogP contribution in [-0.4, -0.2) is 45.6 Å². The van der Waals surface area contributed by atoms with Crippen molar-refractivity contribution in [3.05, 3.63) is 23.8 Å². The van der Waals surface area contributed by atoms with Crippen LogP contribution in [0.3, 0.4) is 0 Å². The summed E-state index contributed by atoms with van der Waals surface area (Å²) in [6.07, 6.45) is 2.09. The van der Waals surface area contributed by atoms with Gasteiger partial charge < -0.3 is 9.64 Å². The van der Waals surface area contributed by atoms with E-state index >= 15 is 0 Å². The summed E-state index contributed by atoms with van der Waals surface area (Å²) in [7, 11) is -3.46. The van der Waals surface area contributed by atoms with Crippen molar-refractivity contribution in [2.45, 2.75) is 51.5 Å². The fraction of sp³-hybridized carbons (Fsp3) is 0.667. The third kappa shape index (κ3) is 4.94. The van der Waals surface area contributed by atoms with Gasteiger partial charge in [-0.15, -0.1) is 0 Å². The second kappa shape index (κ2) is 8.32. The maximum absolute atomic E-state index is 12.5. The minimum Gasteiger partial charge on any atom is -0.494 e. The fourth-order valence-corrected chi connectivity index (χ4v) is 4.29. The van der Waals surface area contributed by atoms with Gasteiger partial charge in [-0.3, -0.25) is 0 Å². The summed E-state index contributed by atoms with van der Waals surface area (Å²) < 4.78 is 33.3. The first-order valence-corrected chi connectivity index (χ1v) is 10.3. The monoisotopic (exact) mass is 354 g/mol. The first-order chi connectivity index (χ1) is 11.3. The predicted octanol–water partition coefficient (Wildman–Crippen LogP) is 2.79. The summed E-state index contributed by atoms with van der Waals surface area (Å²) in [5.74, 6) is 1.15. The van der Waals surface area contributed by atoms with E-state index in [0.29, 0.717) is 30.0 Å². The summed E-state index contributed by atoms with van der Waals surface area (Å²) in [4.78, 5) is 2.75. The molecule has 1 aliphatic rings. The summed E-state index contributed by atoms with van der Waals surface area (Å²) in [6, 6.07) is 5.58. The number of hydrogen-bond acceptors (Lipinski definition) is 4. The van der Waals surface area contributed by atoms with E-state index in [0.717, 1.165) is 37.2 Å². The van der Waals surface area contributed by atoms with E-state index < -0.39 is 10.0 Å². The van der Waals surface area contributed by atoms with Crippen LogP contribution in [0.25, 0.3) is 0 Å². The van der Waals surface area contributed by atoms with Crippen molar-refractivity contribution in [3.8, 4) is 5.75 Å². The van der Waals surface area contributed by atoms with Crippen LogP contribution in [0, 0.1) is 12.8 Å². The Morgan fingerprint density at radius 3 is 2.50 bits per heavy atom. The first kappa shape index (κ1) is 19.2. The zero-order valence-corrected chi connectivity index (χ0v) is 16.0. The maximum atomic E-state index is 12.5. The Balaban J connectivity index is 1.93. The van der Waals surface area contributed by atoms with Gasteiger partial charge in [0.15, 0.2) is 0 Å². The van der Waals surface area contributed by atoms with Crippen LogP contribution in [0.1, 0.15) is 39.2 Å². The molecule has 0 amide bonds. The van der Waals surface area contributed by atoms with E-state index in [1.165, 1.54) is 0 Å². The molecule has 1 aliphatic heterocycles. The van der Waals surface area contributed by atoms with E-state index in [2.05, 4.69) is 23.5 Å². The molecule has 0 bridgehead atoms. The highest BCUT2D eigenvalue weighted by atomic mass is 32.2. The molecule has 1 N–H and O–H groups in total. The number of aryl methyl sites for hydroxylation is 1. The largest absolute Gasteiger partial charge is 0.494 e. The smallest absolute Gasteiger partial charge is 0.240 e. The van der Waals surface area contributed by atoms with E-state index in [1.54, 1.807) is 18.2 Å². The van der Waals surface area contributed by atoms with Crippen molar-refractivity contribution in [2.24, 2.45) is 5.92 Å². The van der Waals surface area contributed by atoms with Crippen LogP contribution in [-0.2, 0) is 10.0 Å². The molecule has 0 spiro atoms. The average molecular weight is 355 g/mol. The second-order valence-corrected chi connectivity index (χ2v) is 8.55. The van der Waals surface area contributed by atoms with Gasteiger partial charge in [-0.05, 0) is 83.3 Å². The molecule has 136 valence electrons. The molecule has 0 saturated carbocycles. The summed E-state index contributed by atoms with van der Waals surface area (Å²) >= 11 is 0. The quantitative estimate of drug-likeness (QED) is 0.818. The molecule has 2 rings (SSSR count). The van der Waals surface area contributed by atoms with Gasteiger partial charge >= 0.3 is 0 Å². The Labute approximate surface area is 146 Å². The number of likely N-dealkylation sites (tertiary alicyclic amines) is 1. The Morgan fingerprint density at radius 2 is 1.96 bits per heavy atom. The average Bonchev–Trinajstić information content (AvgIpc) is 2.55. The number of rotatable bonds is 7. The predicted molar refractivity (Wildman–Crippen MR) is 97.0 cm³/mol. The minimum absolute atomic E-state index is 0.308. The lowest BCUT2D eigenvalue weighted by Crippen LogP contribution is -2.41.